The molecule has 4 aromatic heterocycles. The minimum atomic E-state index is -1.21. The molecule has 78 heavy (non-hydrogen) atoms. The fourth-order valence-electron chi connectivity index (χ4n) is 9.88. The normalized spacial score (nSPS) is 18.8. The average molecular weight is 1080 g/mol. The van der Waals surface area contributed by atoms with Crippen LogP contribution in [-0.2, 0) is 46.4 Å². The van der Waals surface area contributed by atoms with Gasteiger partial charge in [0.15, 0.2) is 23.7 Å². The van der Waals surface area contributed by atoms with E-state index in [1.807, 2.05) is 62.3 Å². The van der Waals surface area contributed by atoms with Crippen molar-refractivity contribution >= 4 is 11.0 Å². The number of aromatic nitrogens is 6. The Kier molecular flexibility index (Phi) is 14.8. The number of nitrogens with zero attached hydrogens (tertiary/aromatic N) is 7. The third-order valence-corrected chi connectivity index (χ3v) is 16.0. The summed E-state index contributed by atoms with van der Waals surface area (Å²) in [4.78, 5) is 42.2. The Labute approximate surface area is 454 Å². The van der Waals surface area contributed by atoms with Crippen molar-refractivity contribution in [3.8, 4) is 81.2 Å². The van der Waals surface area contributed by atoms with Gasteiger partial charge in [-0.05, 0) is 99.8 Å². The molecule has 404 valence electrons. The molecule has 0 saturated carbocycles. The maximum atomic E-state index is 13.3. The number of likely N-dealkylation sites (N-methyl/N-ethyl adjacent to an activating group) is 2. The van der Waals surface area contributed by atoms with E-state index in [2.05, 4.69) is 68.0 Å². The number of ether oxygens (including phenoxy) is 8. The topological polar surface area (TPSA) is 202 Å². The van der Waals surface area contributed by atoms with E-state index in [0.29, 0.717) is 82.3 Å². The highest BCUT2D eigenvalue weighted by Gasteiger charge is 2.47. The maximum absolute atomic E-state index is 13.3. The first-order valence-corrected chi connectivity index (χ1v) is 27.3. The summed E-state index contributed by atoms with van der Waals surface area (Å²) in [5.41, 5.74) is 6.01. The minimum absolute atomic E-state index is 0.172. The van der Waals surface area contributed by atoms with Gasteiger partial charge in [0, 0.05) is 66.4 Å². The molecule has 2 fully saturated rings. The second-order valence-corrected chi connectivity index (χ2v) is 22.8. The molecule has 0 amide bonds. The van der Waals surface area contributed by atoms with Crippen LogP contribution in [0, 0.1) is 23.7 Å². The molecule has 10 heterocycles. The molecule has 0 bridgehead atoms. The SMILES string of the molecule is CCN(S(=O)C(C)(C)C)C1(C#Cc2ccc3c(c2)CCn2c-3cc(OCC3COc4ncccc4O3)nc2=O)COC1.CCNC1(C#Cc2ccc3c(c2)CCn2c-3cc(OCC3COc4ncccc4O3)nc2=O)COC1. The molecule has 6 aromatic rings. The van der Waals surface area contributed by atoms with Crippen LogP contribution >= 0.6 is 0 Å². The van der Waals surface area contributed by atoms with Gasteiger partial charge in [0.05, 0.1) is 42.6 Å². The van der Waals surface area contributed by atoms with Gasteiger partial charge in [-0.1, -0.05) is 49.7 Å². The molecule has 1 N–H and O–H groups in total. The van der Waals surface area contributed by atoms with Crippen LogP contribution in [0.2, 0.25) is 0 Å². The minimum Gasteiger partial charge on any atom is -0.478 e. The number of rotatable bonds is 11. The van der Waals surface area contributed by atoms with E-state index in [4.69, 9.17) is 37.9 Å². The first-order valence-electron chi connectivity index (χ1n) is 26.2. The third kappa shape index (κ3) is 11.0. The van der Waals surface area contributed by atoms with Gasteiger partial charge in [0.25, 0.3) is 11.8 Å². The Bertz CT molecular complexity index is 3530. The zero-order valence-electron chi connectivity index (χ0n) is 44.2. The monoisotopic (exact) mass is 1080 g/mol. The summed E-state index contributed by atoms with van der Waals surface area (Å²) in [6.07, 6.45) is 4.03. The van der Waals surface area contributed by atoms with E-state index in [1.165, 1.54) is 0 Å². The highest BCUT2D eigenvalue weighted by atomic mass is 32.2. The molecule has 12 rings (SSSR count). The number of aryl methyl sites for hydroxylation is 2. The summed E-state index contributed by atoms with van der Waals surface area (Å²) in [7, 11) is -1.21. The Morgan fingerprint density at radius 1 is 0.718 bits per heavy atom. The van der Waals surface area contributed by atoms with Gasteiger partial charge in [-0.15, -0.1) is 0 Å². The first-order chi connectivity index (χ1) is 37.8. The predicted octanol–water partition coefficient (Wildman–Crippen LogP) is 4.80. The Morgan fingerprint density at radius 2 is 1.23 bits per heavy atom. The quantitative estimate of drug-likeness (QED) is 0.173. The van der Waals surface area contributed by atoms with Crippen molar-refractivity contribution in [1.82, 2.24) is 38.7 Å². The third-order valence-electron chi connectivity index (χ3n) is 13.9. The highest BCUT2D eigenvalue weighted by Crippen LogP contribution is 2.35. The van der Waals surface area contributed by atoms with Gasteiger partial charge in [0.1, 0.15) is 48.5 Å². The zero-order valence-corrected chi connectivity index (χ0v) is 45.0. The van der Waals surface area contributed by atoms with Crippen molar-refractivity contribution < 1.29 is 42.1 Å². The first kappa shape index (κ1) is 52.5. The summed E-state index contributed by atoms with van der Waals surface area (Å²) in [5.74, 6) is 15.9. The molecular weight excluding hydrogens is 1020 g/mol. The van der Waals surface area contributed by atoms with Crippen LogP contribution in [0.5, 0.6) is 35.0 Å². The number of nitrogens with one attached hydrogen (secondary N) is 1. The van der Waals surface area contributed by atoms with Gasteiger partial charge in [-0.3, -0.25) is 14.5 Å². The largest absolute Gasteiger partial charge is 0.478 e. The van der Waals surface area contributed by atoms with E-state index < -0.39 is 21.3 Å². The van der Waals surface area contributed by atoms with E-state index in [0.717, 1.165) is 57.7 Å². The number of hydrogen-bond donors (Lipinski definition) is 1. The fraction of sp³-hybridized carbons (Fsp3) is 0.414. The van der Waals surface area contributed by atoms with Crippen LogP contribution in [0.25, 0.3) is 22.5 Å². The summed E-state index contributed by atoms with van der Waals surface area (Å²) >= 11 is 0. The molecule has 20 heteroatoms. The van der Waals surface area contributed by atoms with Crippen LogP contribution in [0.3, 0.4) is 0 Å². The summed E-state index contributed by atoms with van der Waals surface area (Å²) in [6.45, 7) is 15.5. The van der Waals surface area contributed by atoms with E-state index >= 15 is 0 Å². The second kappa shape index (κ2) is 22.0. The van der Waals surface area contributed by atoms with E-state index in [-0.39, 0.29) is 60.7 Å². The highest BCUT2D eigenvalue weighted by molar-refractivity contribution is 7.84. The lowest BCUT2D eigenvalue weighted by atomic mass is 9.94. The summed E-state index contributed by atoms with van der Waals surface area (Å²) in [5, 5.41) is 3.42. The molecule has 2 saturated heterocycles. The zero-order chi connectivity index (χ0) is 54.0. The molecule has 19 nitrogen and oxygen atoms in total. The molecule has 0 aliphatic carbocycles. The van der Waals surface area contributed by atoms with Gasteiger partial charge >= 0.3 is 11.4 Å². The lowest BCUT2D eigenvalue weighted by molar-refractivity contribution is -0.0753. The van der Waals surface area contributed by atoms with Gasteiger partial charge in [-0.2, -0.15) is 9.97 Å². The van der Waals surface area contributed by atoms with Crippen molar-refractivity contribution in [3.63, 3.8) is 0 Å². The molecule has 3 unspecified atom stereocenters. The van der Waals surface area contributed by atoms with Gasteiger partial charge in [-0.25, -0.2) is 28.1 Å². The maximum Gasteiger partial charge on any atom is 0.351 e. The second-order valence-electron chi connectivity index (χ2n) is 20.6. The lowest BCUT2D eigenvalue weighted by Gasteiger charge is -2.46. The number of pyridine rings is 2. The molecule has 3 atom stereocenters. The average Bonchev–Trinajstić information content (AvgIpc) is 3.59. The Morgan fingerprint density at radius 3 is 1.68 bits per heavy atom. The van der Waals surface area contributed by atoms with Crippen LogP contribution in [-0.4, -0.2) is 132 Å². The van der Waals surface area contributed by atoms with Gasteiger partial charge < -0.3 is 37.9 Å². The Balaban J connectivity index is 0.000000167. The van der Waals surface area contributed by atoms with Crippen LogP contribution < -0.4 is 45.1 Å². The standard InChI is InChI=1S/C31H34N4O6S.C27H26N4O5/c1-5-35(42(37)30(2,3)4)31(19-38-20-31)12-10-21-8-9-24-22(15-21)11-14-34-25(24)16-27(33-29(34)36)39-17-23-18-40-28-26(41-23)7-6-13-32-28;1-2-29-27(16-33-17-27)9-7-18-5-6-21-19(12-18)8-11-31-22(21)13-24(30-26(31)32)34-14-20-15-35-25-23(36-20)4-3-10-28-25/h6-9,13,15-16,23H,5,11,14,17-20H2,1-4H3;3-6,10,12-13,20,29H,2,8,11,14-17H2,1H3. The molecule has 0 radical (unpaired) electrons. The smallest absolute Gasteiger partial charge is 0.351 e. The number of benzene rings is 2. The van der Waals surface area contributed by atoms with Crippen molar-refractivity contribution in [1.29, 1.82) is 0 Å². The van der Waals surface area contributed by atoms with Crippen LogP contribution in [0.1, 0.15) is 56.9 Å². The van der Waals surface area contributed by atoms with Crippen molar-refractivity contribution in [2.24, 2.45) is 0 Å². The summed E-state index contributed by atoms with van der Waals surface area (Å²) < 4.78 is 64.0. The molecule has 0 spiro atoms. The van der Waals surface area contributed by atoms with E-state index in [9.17, 15) is 13.8 Å². The predicted molar refractivity (Wildman–Crippen MR) is 289 cm³/mol. The van der Waals surface area contributed by atoms with Crippen molar-refractivity contribution in [3.05, 3.63) is 128 Å². The van der Waals surface area contributed by atoms with Crippen LogP contribution in [0.4, 0.5) is 0 Å². The molecule has 6 aliphatic heterocycles. The number of hydrogen-bond acceptors (Lipinski definition) is 16. The van der Waals surface area contributed by atoms with Gasteiger partial charge in [0.2, 0.25) is 11.8 Å². The van der Waals surface area contributed by atoms with Crippen molar-refractivity contribution in [2.45, 2.75) is 88.6 Å². The Hall–Kier alpha value is -7.59. The van der Waals surface area contributed by atoms with Crippen molar-refractivity contribution in [2.75, 3.05) is 65.9 Å². The molecule has 2 aromatic carbocycles. The van der Waals surface area contributed by atoms with E-state index in [1.54, 1.807) is 51.9 Å². The molecular formula is C58H60N8O11S. The molecule has 6 aliphatic rings. The lowest BCUT2D eigenvalue weighted by Crippen LogP contribution is -2.63. The van der Waals surface area contributed by atoms with Crippen LogP contribution in [0.15, 0.2) is 94.8 Å². The fourth-order valence-corrected chi connectivity index (χ4v) is 11.2. The summed E-state index contributed by atoms with van der Waals surface area (Å²) in [6, 6.07) is 22.9. The number of fused-ring (bicyclic) bond motifs is 8.